The lowest BCUT2D eigenvalue weighted by Crippen LogP contribution is -2.27. The van der Waals surface area contributed by atoms with Gasteiger partial charge >= 0.3 is 6.18 Å². The molecule has 0 atom stereocenters. The van der Waals surface area contributed by atoms with Gasteiger partial charge in [-0.15, -0.1) is 10.2 Å². The molecule has 1 aromatic carbocycles. The number of halogens is 3. The number of hydrogen-bond donors (Lipinski definition) is 1. The smallest absolute Gasteiger partial charge is 0.418 e. The van der Waals surface area contributed by atoms with Crippen molar-refractivity contribution in [1.82, 2.24) is 4.57 Å². The first-order valence-electron chi connectivity index (χ1n) is 9.21. The molecule has 0 aliphatic heterocycles. The Morgan fingerprint density at radius 2 is 1.83 bits per heavy atom. The molecule has 29 heavy (non-hydrogen) atoms. The largest absolute Gasteiger partial charge is 0.493 e. The summed E-state index contributed by atoms with van der Waals surface area (Å²) in [7, 11) is 0. The minimum atomic E-state index is -4.63. The van der Waals surface area contributed by atoms with Crippen molar-refractivity contribution in [3.8, 4) is 11.9 Å². The van der Waals surface area contributed by atoms with Crippen molar-refractivity contribution < 1.29 is 18.3 Å². The van der Waals surface area contributed by atoms with Gasteiger partial charge < -0.3 is 5.11 Å². The zero-order valence-electron chi connectivity index (χ0n) is 15.7. The van der Waals surface area contributed by atoms with Gasteiger partial charge in [-0.25, -0.2) is 0 Å². The van der Waals surface area contributed by atoms with Crippen molar-refractivity contribution in [1.29, 1.82) is 5.26 Å². The minimum absolute atomic E-state index is 0.0790. The van der Waals surface area contributed by atoms with Gasteiger partial charge in [-0.1, -0.05) is 31.4 Å². The van der Waals surface area contributed by atoms with E-state index in [1.54, 1.807) is 0 Å². The second-order valence-electron chi connectivity index (χ2n) is 6.97. The van der Waals surface area contributed by atoms with Crippen molar-refractivity contribution in [2.75, 3.05) is 0 Å². The number of hydrogen-bond acceptors (Lipinski definition) is 5. The maximum Gasteiger partial charge on any atom is 0.418 e. The summed E-state index contributed by atoms with van der Waals surface area (Å²) in [6.07, 6.45) is -0.530. The number of rotatable bonds is 3. The standard InChI is InChI=1S/C20H19F3N4O2/c1-12-14(11-24)18(28)27(13-7-3-2-4-8-13)19(29)17(12)26-25-16-10-6-5-9-15(16)20(21,22)23/h5-6,9-10,13,28H,2-4,7-8H2,1H3. The highest BCUT2D eigenvalue weighted by Crippen LogP contribution is 2.38. The van der Waals surface area contributed by atoms with Gasteiger partial charge in [0.25, 0.3) is 5.56 Å². The molecular weight excluding hydrogens is 385 g/mol. The van der Waals surface area contributed by atoms with Crippen molar-refractivity contribution in [2.24, 2.45) is 10.2 Å². The lowest BCUT2D eigenvalue weighted by Gasteiger charge is -2.25. The van der Waals surface area contributed by atoms with Crippen LogP contribution in [-0.2, 0) is 6.18 Å². The SMILES string of the molecule is Cc1c(C#N)c(O)n(C2CCCCC2)c(=O)c1N=Nc1ccccc1C(F)(F)F. The molecule has 3 rings (SSSR count). The van der Waals surface area contributed by atoms with Crippen LogP contribution >= 0.6 is 0 Å². The average molecular weight is 404 g/mol. The molecule has 152 valence electrons. The number of aromatic nitrogens is 1. The van der Waals surface area contributed by atoms with E-state index in [1.165, 1.54) is 19.1 Å². The molecule has 0 saturated heterocycles. The van der Waals surface area contributed by atoms with Crippen LogP contribution < -0.4 is 5.56 Å². The predicted octanol–water partition coefficient (Wildman–Crippen LogP) is 5.67. The quantitative estimate of drug-likeness (QED) is 0.668. The first kappa shape index (κ1) is 20.6. The topological polar surface area (TPSA) is 90.7 Å². The zero-order valence-corrected chi connectivity index (χ0v) is 15.7. The fraction of sp³-hybridized carbons (Fsp3) is 0.400. The van der Waals surface area contributed by atoms with Crippen molar-refractivity contribution in [3.05, 3.63) is 51.3 Å². The van der Waals surface area contributed by atoms with Gasteiger partial charge in [-0.05, 0) is 31.9 Å². The Morgan fingerprint density at radius 1 is 1.17 bits per heavy atom. The Morgan fingerprint density at radius 3 is 2.45 bits per heavy atom. The highest BCUT2D eigenvalue weighted by Gasteiger charge is 2.33. The second kappa shape index (κ2) is 8.07. The molecule has 6 nitrogen and oxygen atoms in total. The summed E-state index contributed by atoms with van der Waals surface area (Å²) in [5.74, 6) is -0.434. The maximum atomic E-state index is 13.2. The number of alkyl halides is 3. The van der Waals surface area contributed by atoms with Gasteiger partial charge in [-0.3, -0.25) is 9.36 Å². The van der Waals surface area contributed by atoms with Gasteiger partial charge in [0.1, 0.15) is 11.6 Å². The van der Waals surface area contributed by atoms with E-state index >= 15 is 0 Å². The molecule has 0 radical (unpaired) electrons. The van der Waals surface area contributed by atoms with E-state index in [4.69, 9.17) is 0 Å². The van der Waals surface area contributed by atoms with E-state index < -0.39 is 28.9 Å². The summed E-state index contributed by atoms with van der Waals surface area (Å²) in [6, 6.07) is 6.20. The molecule has 1 aromatic heterocycles. The predicted molar refractivity (Wildman–Crippen MR) is 99.6 cm³/mol. The van der Waals surface area contributed by atoms with Crippen molar-refractivity contribution in [3.63, 3.8) is 0 Å². The lowest BCUT2D eigenvalue weighted by molar-refractivity contribution is -0.137. The number of aromatic hydroxyl groups is 1. The summed E-state index contributed by atoms with van der Waals surface area (Å²) < 4.78 is 40.6. The van der Waals surface area contributed by atoms with Crippen LogP contribution in [0.3, 0.4) is 0 Å². The third-order valence-corrected chi connectivity index (χ3v) is 5.12. The minimum Gasteiger partial charge on any atom is -0.493 e. The molecule has 0 bridgehead atoms. The number of pyridine rings is 1. The third kappa shape index (κ3) is 4.01. The van der Waals surface area contributed by atoms with E-state index in [-0.39, 0.29) is 22.9 Å². The number of nitriles is 1. The van der Waals surface area contributed by atoms with Crippen LogP contribution in [0.4, 0.5) is 24.5 Å². The molecule has 2 aromatic rings. The molecule has 1 aliphatic carbocycles. The molecule has 1 heterocycles. The molecule has 0 unspecified atom stereocenters. The zero-order chi connectivity index (χ0) is 21.2. The Kier molecular flexibility index (Phi) is 5.73. The fourth-order valence-electron chi connectivity index (χ4n) is 3.61. The van der Waals surface area contributed by atoms with E-state index in [9.17, 15) is 28.3 Å². The van der Waals surface area contributed by atoms with E-state index in [2.05, 4.69) is 10.2 Å². The highest BCUT2D eigenvalue weighted by atomic mass is 19.4. The van der Waals surface area contributed by atoms with Crippen LogP contribution in [0.25, 0.3) is 0 Å². The highest BCUT2D eigenvalue weighted by molar-refractivity contribution is 5.57. The normalized spacial score (nSPS) is 15.6. The average Bonchev–Trinajstić information content (AvgIpc) is 2.68. The summed E-state index contributed by atoms with van der Waals surface area (Å²) in [4.78, 5) is 13.0. The molecule has 0 amide bonds. The molecule has 1 N–H and O–H groups in total. The van der Waals surface area contributed by atoms with Gasteiger partial charge in [0.2, 0.25) is 5.88 Å². The van der Waals surface area contributed by atoms with Crippen LogP contribution in [0.2, 0.25) is 0 Å². The van der Waals surface area contributed by atoms with Crippen LogP contribution in [0.15, 0.2) is 39.3 Å². The molecule has 1 fully saturated rings. The van der Waals surface area contributed by atoms with Crippen LogP contribution in [0.1, 0.15) is 54.8 Å². The van der Waals surface area contributed by atoms with Gasteiger partial charge in [-0.2, -0.15) is 18.4 Å². The molecule has 1 aliphatic rings. The summed E-state index contributed by atoms with van der Waals surface area (Å²) in [5, 5.41) is 27.4. The number of benzene rings is 1. The summed E-state index contributed by atoms with van der Waals surface area (Å²) >= 11 is 0. The molecule has 1 saturated carbocycles. The second-order valence-corrected chi connectivity index (χ2v) is 6.97. The molecular formula is C20H19F3N4O2. The Balaban J connectivity index is 2.15. The Labute approximate surface area is 164 Å². The van der Waals surface area contributed by atoms with Crippen LogP contribution in [0.5, 0.6) is 5.88 Å². The van der Waals surface area contributed by atoms with Crippen molar-refractivity contribution in [2.45, 2.75) is 51.2 Å². The van der Waals surface area contributed by atoms with E-state index in [1.807, 2.05) is 6.07 Å². The Bertz CT molecular complexity index is 1050. The van der Waals surface area contributed by atoms with E-state index in [0.717, 1.165) is 36.0 Å². The van der Waals surface area contributed by atoms with Crippen LogP contribution in [0, 0.1) is 18.3 Å². The summed E-state index contributed by atoms with van der Waals surface area (Å²) in [6.45, 7) is 1.41. The van der Waals surface area contributed by atoms with E-state index in [0.29, 0.717) is 12.8 Å². The monoisotopic (exact) mass is 404 g/mol. The van der Waals surface area contributed by atoms with Gasteiger partial charge in [0.05, 0.1) is 11.3 Å². The lowest BCUT2D eigenvalue weighted by atomic mass is 9.94. The third-order valence-electron chi connectivity index (χ3n) is 5.12. The van der Waals surface area contributed by atoms with Crippen LogP contribution in [-0.4, -0.2) is 9.67 Å². The summed E-state index contributed by atoms with van der Waals surface area (Å²) in [5.41, 5.74) is -2.38. The maximum absolute atomic E-state index is 13.2. The van der Waals surface area contributed by atoms with Gasteiger partial charge in [0, 0.05) is 11.6 Å². The van der Waals surface area contributed by atoms with Gasteiger partial charge in [0.15, 0.2) is 5.69 Å². The fourth-order valence-corrected chi connectivity index (χ4v) is 3.61. The molecule has 0 spiro atoms. The first-order chi connectivity index (χ1) is 13.8. The van der Waals surface area contributed by atoms with Crippen molar-refractivity contribution >= 4 is 11.4 Å². The number of azo groups is 1. The Hall–Kier alpha value is -3.15. The molecule has 9 heteroatoms. The number of nitrogens with zero attached hydrogens (tertiary/aromatic N) is 4. The first-order valence-corrected chi connectivity index (χ1v) is 9.21.